The highest BCUT2D eigenvalue weighted by Crippen LogP contribution is 2.37. The lowest BCUT2D eigenvalue weighted by molar-refractivity contribution is 0.481. The van der Waals surface area contributed by atoms with Crippen LogP contribution in [0.3, 0.4) is 0 Å². The second-order valence-electron chi connectivity index (χ2n) is 4.53. The second-order valence-corrected chi connectivity index (χ2v) is 4.93. The predicted molar refractivity (Wildman–Crippen MR) is 80.8 cm³/mol. The minimum Gasteiger partial charge on any atom is -0.507 e. The van der Waals surface area contributed by atoms with Crippen molar-refractivity contribution >= 4 is 28.3 Å². The standard InChI is InChI=1S/C15H12ClN3O/c1-8-9(3-2-4-11(8)16)10-5-6-12(20)13-14(10)18-7-19-15(13)17/h2-7,20H,1H3,(H2,17,18,19). The highest BCUT2D eigenvalue weighted by Gasteiger charge is 2.14. The Morgan fingerprint density at radius 2 is 1.90 bits per heavy atom. The Morgan fingerprint density at radius 1 is 1.10 bits per heavy atom. The first-order chi connectivity index (χ1) is 9.59. The fraction of sp³-hybridized carbons (Fsp3) is 0.0667. The summed E-state index contributed by atoms with van der Waals surface area (Å²) in [6, 6.07) is 9.09. The van der Waals surface area contributed by atoms with E-state index in [1.807, 2.05) is 31.2 Å². The van der Waals surface area contributed by atoms with Crippen LogP contribution in [0.1, 0.15) is 5.56 Å². The molecule has 0 saturated heterocycles. The average Bonchev–Trinajstić information content (AvgIpc) is 2.43. The van der Waals surface area contributed by atoms with E-state index < -0.39 is 0 Å². The number of fused-ring (bicyclic) bond motifs is 1. The number of hydrogen-bond acceptors (Lipinski definition) is 4. The molecular weight excluding hydrogens is 274 g/mol. The molecule has 1 aromatic heterocycles. The van der Waals surface area contributed by atoms with E-state index >= 15 is 0 Å². The fourth-order valence-electron chi connectivity index (χ4n) is 2.30. The van der Waals surface area contributed by atoms with Crippen molar-refractivity contribution in [3.05, 3.63) is 47.2 Å². The van der Waals surface area contributed by atoms with Gasteiger partial charge in [0.25, 0.3) is 0 Å². The van der Waals surface area contributed by atoms with E-state index in [1.54, 1.807) is 6.07 Å². The Balaban J connectivity index is 2.41. The monoisotopic (exact) mass is 285 g/mol. The SMILES string of the molecule is Cc1c(Cl)cccc1-c1ccc(O)c2c(N)ncnc12. The van der Waals surface area contributed by atoms with E-state index in [1.165, 1.54) is 6.33 Å². The molecule has 0 atom stereocenters. The van der Waals surface area contributed by atoms with Crippen molar-refractivity contribution in [2.45, 2.75) is 6.92 Å². The normalized spacial score (nSPS) is 10.9. The molecule has 20 heavy (non-hydrogen) atoms. The largest absolute Gasteiger partial charge is 0.507 e. The van der Waals surface area contributed by atoms with Gasteiger partial charge in [0.05, 0.1) is 10.9 Å². The van der Waals surface area contributed by atoms with Gasteiger partial charge in [-0.1, -0.05) is 23.7 Å². The molecule has 100 valence electrons. The van der Waals surface area contributed by atoms with Crippen molar-refractivity contribution < 1.29 is 5.11 Å². The predicted octanol–water partition coefficient (Wildman–Crippen LogP) is 3.55. The van der Waals surface area contributed by atoms with E-state index in [9.17, 15) is 5.11 Å². The summed E-state index contributed by atoms with van der Waals surface area (Å²) in [5, 5.41) is 11.1. The maximum Gasteiger partial charge on any atom is 0.138 e. The van der Waals surface area contributed by atoms with Gasteiger partial charge in [-0.15, -0.1) is 0 Å². The molecule has 0 spiro atoms. The summed E-state index contributed by atoms with van der Waals surface area (Å²) in [6.45, 7) is 1.95. The molecule has 0 radical (unpaired) electrons. The first-order valence-electron chi connectivity index (χ1n) is 6.07. The summed E-state index contributed by atoms with van der Waals surface area (Å²) in [5.41, 5.74) is 9.23. The molecule has 3 aromatic rings. The number of halogens is 1. The van der Waals surface area contributed by atoms with Crippen molar-refractivity contribution in [3.63, 3.8) is 0 Å². The summed E-state index contributed by atoms with van der Waals surface area (Å²) in [4.78, 5) is 8.18. The maximum absolute atomic E-state index is 9.96. The molecule has 3 rings (SSSR count). The third-order valence-electron chi connectivity index (χ3n) is 3.35. The van der Waals surface area contributed by atoms with Gasteiger partial charge in [0, 0.05) is 10.6 Å². The lowest BCUT2D eigenvalue weighted by Crippen LogP contribution is -1.95. The molecular formula is C15H12ClN3O. The summed E-state index contributed by atoms with van der Waals surface area (Å²) < 4.78 is 0. The number of aromatic hydroxyl groups is 1. The molecule has 1 heterocycles. The number of hydrogen-bond donors (Lipinski definition) is 2. The van der Waals surface area contributed by atoms with Crippen LogP contribution < -0.4 is 5.73 Å². The number of anilines is 1. The molecule has 0 bridgehead atoms. The van der Waals surface area contributed by atoms with Gasteiger partial charge in [-0.05, 0) is 36.2 Å². The number of nitrogens with two attached hydrogens (primary N) is 1. The summed E-state index contributed by atoms with van der Waals surface area (Å²) >= 11 is 6.17. The van der Waals surface area contributed by atoms with Gasteiger partial charge in [-0.2, -0.15) is 0 Å². The Hall–Kier alpha value is -2.33. The molecule has 0 aliphatic carbocycles. The van der Waals surface area contributed by atoms with Gasteiger partial charge in [-0.25, -0.2) is 9.97 Å². The quantitative estimate of drug-likeness (QED) is 0.717. The number of phenolic OH excluding ortho intramolecular Hbond substituents is 1. The summed E-state index contributed by atoms with van der Waals surface area (Å²) in [6.07, 6.45) is 1.39. The zero-order valence-electron chi connectivity index (χ0n) is 10.8. The van der Waals surface area contributed by atoms with E-state index in [2.05, 4.69) is 9.97 Å². The molecule has 0 amide bonds. The minimum atomic E-state index is 0.0709. The number of benzene rings is 2. The third kappa shape index (κ3) is 1.85. The zero-order valence-corrected chi connectivity index (χ0v) is 11.5. The van der Waals surface area contributed by atoms with Crippen LogP contribution in [0.4, 0.5) is 5.82 Å². The fourth-order valence-corrected chi connectivity index (χ4v) is 2.47. The van der Waals surface area contributed by atoms with Gasteiger partial charge in [0.1, 0.15) is 17.9 Å². The summed E-state index contributed by atoms with van der Waals surface area (Å²) in [7, 11) is 0. The highest BCUT2D eigenvalue weighted by atomic mass is 35.5. The first kappa shape index (κ1) is 12.7. The van der Waals surface area contributed by atoms with Crippen LogP contribution in [0.15, 0.2) is 36.7 Å². The van der Waals surface area contributed by atoms with Crippen LogP contribution >= 0.6 is 11.6 Å². The third-order valence-corrected chi connectivity index (χ3v) is 3.76. The number of nitrogen functional groups attached to an aromatic ring is 1. The number of nitrogens with zero attached hydrogens (tertiary/aromatic N) is 2. The van der Waals surface area contributed by atoms with Crippen molar-refractivity contribution in [3.8, 4) is 16.9 Å². The van der Waals surface area contributed by atoms with E-state index in [0.29, 0.717) is 15.9 Å². The van der Waals surface area contributed by atoms with Crippen LogP contribution in [0.5, 0.6) is 5.75 Å². The smallest absolute Gasteiger partial charge is 0.138 e. The van der Waals surface area contributed by atoms with Crippen molar-refractivity contribution in [2.75, 3.05) is 5.73 Å². The summed E-state index contributed by atoms with van der Waals surface area (Å²) in [5.74, 6) is 0.329. The topological polar surface area (TPSA) is 72.0 Å². The van der Waals surface area contributed by atoms with Crippen LogP contribution in [-0.2, 0) is 0 Å². The second kappa shape index (κ2) is 4.65. The Morgan fingerprint density at radius 3 is 2.70 bits per heavy atom. The van der Waals surface area contributed by atoms with Gasteiger partial charge < -0.3 is 10.8 Å². The van der Waals surface area contributed by atoms with Crippen LogP contribution in [0.2, 0.25) is 5.02 Å². The molecule has 0 saturated carbocycles. The molecule has 0 unspecified atom stereocenters. The maximum atomic E-state index is 9.96. The molecule has 0 aliphatic rings. The zero-order chi connectivity index (χ0) is 14.3. The Bertz CT molecular complexity index is 809. The van der Waals surface area contributed by atoms with Crippen LogP contribution in [-0.4, -0.2) is 15.1 Å². The molecule has 0 aliphatic heterocycles. The molecule has 4 nitrogen and oxygen atoms in total. The van der Waals surface area contributed by atoms with Crippen molar-refractivity contribution in [1.29, 1.82) is 0 Å². The number of rotatable bonds is 1. The van der Waals surface area contributed by atoms with E-state index in [4.69, 9.17) is 17.3 Å². The van der Waals surface area contributed by atoms with Gasteiger partial charge in [0.2, 0.25) is 0 Å². The number of phenols is 1. The van der Waals surface area contributed by atoms with E-state index in [-0.39, 0.29) is 11.6 Å². The first-order valence-corrected chi connectivity index (χ1v) is 6.45. The highest BCUT2D eigenvalue weighted by molar-refractivity contribution is 6.31. The van der Waals surface area contributed by atoms with Crippen LogP contribution in [0, 0.1) is 6.92 Å². The lowest BCUT2D eigenvalue weighted by Gasteiger charge is -2.11. The van der Waals surface area contributed by atoms with Crippen molar-refractivity contribution in [2.24, 2.45) is 0 Å². The molecule has 5 heteroatoms. The van der Waals surface area contributed by atoms with Crippen LogP contribution in [0.25, 0.3) is 22.0 Å². The molecule has 0 fully saturated rings. The van der Waals surface area contributed by atoms with Crippen molar-refractivity contribution in [1.82, 2.24) is 9.97 Å². The molecule has 2 aromatic carbocycles. The van der Waals surface area contributed by atoms with Gasteiger partial charge >= 0.3 is 0 Å². The molecule has 3 N–H and O–H groups in total. The average molecular weight is 286 g/mol. The Kier molecular flexibility index (Phi) is 2.95. The van der Waals surface area contributed by atoms with E-state index in [0.717, 1.165) is 16.7 Å². The lowest BCUT2D eigenvalue weighted by atomic mass is 9.98. The number of aromatic nitrogens is 2. The van der Waals surface area contributed by atoms with Gasteiger partial charge in [0.15, 0.2) is 0 Å². The Labute approximate surface area is 120 Å². The van der Waals surface area contributed by atoms with Gasteiger partial charge in [-0.3, -0.25) is 0 Å². The minimum absolute atomic E-state index is 0.0709.